The van der Waals surface area contributed by atoms with Gasteiger partial charge in [0, 0.05) is 6.54 Å². The molecule has 0 aromatic heterocycles. The average Bonchev–Trinajstić information content (AvgIpc) is 2.09. The van der Waals surface area contributed by atoms with Crippen LogP contribution < -0.4 is 0 Å². The molecule has 0 atom stereocenters. The molecule has 0 radical (unpaired) electrons. The Kier molecular flexibility index (Phi) is 3.50. The van der Waals surface area contributed by atoms with Crippen molar-refractivity contribution in [2.24, 2.45) is 0 Å². The summed E-state index contributed by atoms with van der Waals surface area (Å²) in [5.74, 6) is -0.202. The molecule has 1 aromatic carbocycles. The van der Waals surface area contributed by atoms with Crippen LogP contribution in [0.5, 0.6) is 0 Å². The zero-order chi connectivity index (χ0) is 8.97. The maximum Gasteiger partial charge on any atom is 0.123 e. The van der Waals surface area contributed by atoms with Gasteiger partial charge in [0.2, 0.25) is 0 Å². The first-order valence-corrected chi connectivity index (χ1v) is 4.25. The predicted octanol–water partition coefficient (Wildman–Crippen LogP) is 2.45. The second-order valence-corrected chi connectivity index (χ2v) is 3.00. The molecule has 0 bridgehead atoms. The van der Waals surface area contributed by atoms with Gasteiger partial charge in [0.15, 0.2) is 0 Å². The van der Waals surface area contributed by atoms with E-state index < -0.39 is 0 Å². The molecular weight excluding hydrogens is 177 g/mol. The molecule has 0 fully saturated rings. The molecule has 12 heavy (non-hydrogen) atoms. The van der Waals surface area contributed by atoms with Crippen LogP contribution in [-0.2, 0) is 6.54 Å². The zero-order valence-electron chi connectivity index (χ0n) is 6.93. The Bertz CT molecular complexity index is 235. The molecule has 0 amide bonds. The maximum atomic E-state index is 12.5. The molecule has 0 aliphatic carbocycles. The summed E-state index contributed by atoms with van der Waals surface area (Å²) in [5, 5.41) is 0. The molecule has 0 saturated heterocycles. The molecule has 0 N–H and O–H groups in total. The van der Waals surface area contributed by atoms with Crippen LogP contribution >= 0.6 is 11.6 Å². The SMILES string of the molecule is CN(CCl)Cc1ccc(F)cc1. The van der Waals surface area contributed by atoms with E-state index in [2.05, 4.69) is 0 Å². The quantitative estimate of drug-likeness (QED) is 0.519. The van der Waals surface area contributed by atoms with E-state index >= 15 is 0 Å². The largest absolute Gasteiger partial charge is 0.289 e. The predicted molar refractivity (Wildman–Crippen MR) is 48.6 cm³/mol. The summed E-state index contributed by atoms with van der Waals surface area (Å²) in [5.41, 5.74) is 1.07. The number of nitrogens with zero attached hydrogens (tertiary/aromatic N) is 1. The van der Waals surface area contributed by atoms with Gasteiger partial charge in [-0.25, -0.2) is 4.39 Å². The maximum absolute atomic E-state index is 12.5. The Labute approximate surface area is 76.8 Å². The number of benzene rings is 1. The lowest BCUT2D eigenvalue weighted by Crippen LogP contribution is -2.15. The minimum absolute atomic E-state index is 0.202. The molecule has 1 rings (SSSR count). The lowest BCUT2D eigenvalue weighted by atomic mass is 10.2. The van der Waals surface area contributed by atoms with Gasteiger partial charge >= 0.3 is 0 Å². The highest BCUT2D eigenvalue weighted by molar-refractivity contribution is 6.17. The minimum Gasteiger partial charge on any atom is -0.289 e. The first-order chi connectivity index (χ1) is 5.72. The number of rotatable bonds is 3. The van der Waals surface area contributed by atoms with E-state index in [4.69, 9.17) is 11.6 Å². The first kappa shape index (κ1) is 9.49. The number of halogens is 2. The molecule has 0 saturated carbocycles. The van der Waals surface area contributed by atoms with Crippen LogP contribution in [0.15, 0.2) is 24.3 Å². The second kappa shape index (κ2) is 4.43. The lowest BCUT2D eigenvalue weighted by molar-refractivity contribution is 0.382. The van der Waals surface area contributed by atoms with Crippen LogP contribution in [0.4, 0.5) is 4.39 Å². The Balaban J connectivity index is 2.58. The summed E-state index contributed by atoms with van der Waals surface area (Å²) in [6.07, 6.45) is 0. The fraction of sp³-hybridized carbons (Fsp3) is 0.333. The van der Waals surface area contributed by atoms with Crippen molar-refractivity contribution in [3.05, 3.63) is 35.6 Å². The van der Waals surface area contributed by atoms with Crippen molar-refractivity contribution in [3.8, 4) is 0 Å². The summed E-state index contributed by atoms with van der Waals surface area (Å²) < 4.78 is 12.5. The molecule has 0 aliphatic heterocycles. The molecule has 0 unspecified atom stereocenters. The molecule has 0 spiro atoms. The van der Waals surface area contributed by atoms with Crippen LogP contribution in [0.25, 0.3) is 0 Å². The van der Waals surface area contributed by atoms with Crippen LogP contribution in [-0.4, -0.2) is 18.0 Å². The molecule has 3 heteroatoms. The van der Waals surface area contributed by atoms with Gasteiger partial charge in [0.1, 0.15) is 5.82 Å². The highest BCUT2D eigenvalue weighted by Gasteiger charge is 1.97. The van der Waals surface area contributed by atoms with Crippen molar-refractivity contribution in [2.45, 2.75) is 6.54 Å². The highest BCUT2D eigenvalue weighted by atomic mass is 35.5. The van der Waals surface area contributed by atoms with Crippen molar-refractivity contribution in [1.29, 1.82) is 0 Å². The lowest BCUT2D eigenvalue weighted by Gasteiger charge is -2.11. The van der Waals surface area contributed by atoms with E-state index in [-0.39, 0.29) is 5.82 Å². The zero-order valence-corrected chi connectivity index (χ0v) is 7.68. The summed E-state index contributed by atoms with van der Waals surface area (Å²) in [6.45, 7) is 0.754. The van der Waals surface area contributed by atoms with Gasteiger partial charge in [0.05, 0.1) is 6.00 Å². The first-order valence-electron chi connectivity index (χ1n) is 3.71. The van der Waals surface area contributed by atoms with Crippen LogP contribution in [0.3, 0.4) is 0 Å². The van der Waals surface area contributed by atoms with E-state index in [1.165, 1.54) is 12.1 Å². The summed E-state index contributed by atoms with van der Waals surface area (Å²) in [4.78, 5) is 1.94. The third-order valence-electron chi connectivity index (χ3n) is 1.57. The van der Waals surface area contributed by atoms with Gasteiger partial charge in [-0.3, -0.25) is 4.90 Å². The molecule has 0 aliphatic rings. The number of hydrogen-bond acceptors (Lipinski definition) is 1. The molecule has 1 nitrogen and oxygen atoms in total. The van der Waals surface area contributed by atoms with E-state index in [0.717, 1.165) is 12.1 Å². The third kappa shape index (κ3) is 2.80. The molecule has 0 heterocycles. The van der Waals surface area contributed by atoms with Crippen molar-refractivity contribution in [3.63, 3.8) is 0 Å². The van der Waals surface area contributed by atoms with Crippen molar-refractivity contribution in [2.75, 3.05) is 13.1 Å². The monoisotopic (exact) mass is 187 g/mol. The van der Waals surface area contributed by atoms with Crippen molar-refractivity contribution < 1.29 is 4.39 Å². The van der Waals surface area contributed by atoms with Gasteiger partial charge in [-0.15, -0.1) is 11.6 Å². The summed E-state index contributed by atoms with van der Waals surface area (Å²) in [7, 11) is 1.91. The third-order valence-corrected chi connectivity index (χ3v) is 1.98. The molecule has 1 aromatic rings. The van der Waals surface area contributed by atoms with Crippen LogP contribution in [0.1, 0.15) is 5.56 Å². The van der Waals surface area contributed by atoms with Gasteiger partial charge < -0.3 is 0 Å². The van der Waals surface area contributed by atoms with E-state index in [9.17, 15) is 4.39 Å². The van der Waals surface area contributed by atoms with Crippen LogP contribution in [0.2, 0.25) is 0 Å². The minimum atomic E-state index is -0.202. The molecule has 66 valence electrons. The highest BCUT2D eigenvalue weighted by Crippen LogP contribution is 2.05. The topological polar surface area (TPSA) is 3.24 Å². The Morgan fingerprint density at radius 2 is 1.92 bits per heavy atom. The summed E-state index contributed by atoms with van der Waals surface area (Å²) in [6, 6.07) is 6.92. The van der Waals surface area contributed by atoms with E-state index in [0.29, 0.717) is 6.00 Å². The smallest absolute Gasteiger partial charge is 0.123 e. The van der Waals surface area contributed by atoms with Crippen molar-refractivity contribution in [1.82, 2.24) is 4.90 Å². The van der Waals surface area contributed by atoms with Gasteiger partial charge in [-0.1, -0.05) is 12.1 Å². The average molecular weight is 188 g/mol. The Morgan fingerprint density at radius 3 is 2.42 bits per heavy atom. The summed E-state index contributed by atoms with van der Waals surface area (Å²) >= 11 is 5.59. The van der Waals surface area contributed by atoms with Gasteiger partial charge in [-0.2, -0.15) is 0 Å². The standard InChI is InChI=1S/C9H11ClFN/c1-12(7-10)6-8-2-4-9(11)5-3-8/h2-5H,6-7H2,1H3. The van der Waals surface area contributed by atoms with Gasteiger partial charge in [-0.05, 0) is 24.7 Å². The van der Waals surface area contributed by atoms with Gasteiger partial charge in [0.25, 0.3) is 0 Å². The fourth-order valence-electron chi connectivity index (χ4n) is 0.944. The molecular formula is C9H11ClFN. The normalized spacial score (nSPS) is 10.7. The fourth-order valence-corrected chi connectivity index (χ4v) is 1.03. The Hall–Kier alpha value is -0.600. The van der Waals surface area contributed by atoms with E-state index in [1.807, 2.05) is 11.9 Å². The second-order valence-electron chi connectivity index (χ2n) is 2.76. The number of alkyl halides is 1. The van der Waals surface area contributed by atoms with Crippen molar-refractivity contribution >= 4 is 11.6 Å². The van der Waals surface area contributed by atoms with Crippen LogP contribution in [0, 0.1) is 5.82 Å². The van der Waals surface area contributed by atoms with E-state index in [1.54, 1.807) is 12.1 Å². The number of hydrogen-bond donors (Lipinski definition) is 0. The Morgan fingerprint density at radius 1 is 1.33 bits per heavy atom.